The van der Waals surface area contributed by atoms with Gasteiger partial charge in [-0.3, -0.25) is 14.6 Å². The summed E-state index contributed by atoms with van der Waals surface area (Å²) >= 11 is 15.6. The fourth-order valence-corrected chi connectivity index (χ4v) is 4.39. The minimum Gasteiger partial charge on any atom is -0.394 e. The number of pyridine rings is 1. The number of halogens is 3. The number of carbonyl (C=O) groups is 1. The minimum atomic E-state index is -0.992. The van der Waals surface area contributed by atoms with Gasteiger partial charge in [-0.15, -0.1) is 0 Å². The number of fused-ring (bicyclic) bond motifs is 1. The number of aliphatic hydroxyl groups excluding tert-OH is 1. The second kappa shape index (κ2) is 8.65. The molecule has 1 amide bonds. The van der Waals surface area contributed by atoms with E-state index in [0.717, 1.165) is 21.3 Å². The molecule has 8 heteroatoms. The summed E-state index contributed by atoms with van der Waals surface area (Å²) in [5.41, 5.74) is 1.86. The molecule has 1 aliphatic rings. The van der Waals surface area contributed by atoms with Crippen molar-refractivity contribution in [1.82, 2.24) is 10.0 Å². The molecule has 0 spiro atoms. The third-order valence-corrected chi connectivity index (χ3v) is 6.02. The molecule has 4 rings (SSSR count). The van der Waals surface area contributed by atoms with Crippen molar-refractivity contribution in [2.75, 3.05) is 13.2 Å². The largest absolute Gasteiger partial charge is 0.394 e. The van der Waals surface area contributed by atoms with E-state index in [4.69, 9.17) is 28.0 Å². The van der Waals surface area contributed by atoms with Crippen LogP contribution in [0, 0.1) is 0 Å². The molecular formula is C22H17BrCl2N2O3. The van der Waals surface area contributed by atoms with Crippen LogP contribution in [0.4, 0.5) is 0 Å². The number of amides is 1. The van der Waals surface area contributed by atoms with Gasteiger partial charge < -0.3 is 5.11 Å². The Morgan fingerprint density at radius 2 is 1.80 bits per heavy atom. The second-order valence-corrected chi connectivity index (χ2v) is 8.65. The average Bonchev–Trinajstić information content (AvgIpc) is 2.96. The summed E-state index contributed by atoms with van der Waals surface area (Å²) in [7, 11) is 0. The van der Waals surface area contributed by atoms with E-state index in [9.17, 15) is 9.90 Å². The predicted molar refractivity (Wildman–Crippen MR) is 119 cm³/mol. The maximum absolute atomic E-state index is 13.4. The van der Waals surface area contributed by atoms with E-state index >= 15 is 0 Å². The van der Waals surface area contributed by atoms with E-state index in [2.05, 4.69) is 20.9 Å². The topological polar surface area (TPSA) is 62.7 Å². The van der Waals surface area contributed by atoms with Gasteiger partial charge in [-0.25, -0.2) is 5.06 Å². The molecule has 0 saturated carbocycles. The molecule has 0 bridgehead atoms. The van der Waals surface area contributed by atoms with Crippen molar-refractivity contribution < 1.29 is 14.7 Å². The highest BCUT2D eigenvalue weighted by Gasteiger charge is 2.52. The van der Waals surface area contributed by atoms with Crippen LogP contribution in [0.15, 0.2) is 65.3 Å². The fourth-order valence-electron chi connectivity index (χ4n) is 3.79. The van der Waals surface area contributed by atoms with Crippen LogP contribution in [0.2, 0.25) is 10.0 Å². The Kier molecular flexibility index (Phi) is 6.14. The lowest BCUT2D eigenvalue weighted by atomic mass is 9.79. The molecule has 2 aromatic carbocycles. The minimum absolute atomic E-state index is 0.0235. The highest BCUT2D eigenvalue weighted by Crippen LogP contribution is 2.47. The van der Waals surface area contributed by atoms with E-state index in [-0.39, 0.29) is 19.1 Å². The van der Waals surface area contributed by atoms with Crippen LogP contribution < -0.4 is 0 Å². The molecule has 1 aliphatic heterocycles. The maximum atomic E-state index is 13.4. The van der Waals surface area contributed by atoms with Crippen molar-refractivity contribution in [2.45, 2.75) is 12.0 Å². The number of carbonyl (C=O) groups excluding carboxylic acids is 1. The molecule has 0 fully saturated rings. The number of hydrogen-bond acceptors (Lipinski definition) is 4. The van der Waals surface area contributed by atoms with Crippen LogP contribution in [0.3, 0.4) is 0 Å². The first-order chi connectivity index (χ1) is 14.5. The number of hydroxylamine groups is 2. The molecule has 0 aliphatic carbocycles. The first-order valence-electron chi connectivity index (χ1n) is 9.20. The summed E-state index contributed by atoms with van der Waals surface area (Å²) in [4.78, 5) is 23.7. The van der Waals surface area contributed by atoms with Gasteiger partial charge in [0.05, 0.1) is 18.2 Å². The summed E-state index contributed by atoms with van der Waals surface area (Å²) in [6, 6.07) is 16.5. The molecule has 3 aromatic rings. The third-order valence-electron chi connectivity index (χ3n) is 5.05. The lowest BCUT2D eigenvalue weighted by Crippen LogP contribution is -2.47. The lowest BCUT2D eigenvalue weighted by molar-refractivity contribution is -0.176. The Bertz CT molecular complexity index is 1080. The fraction of sp³-hybridized carbons (Fsp3) is 0.182. The van der Waals surface area contributed by atoms with Crippen molar-refractivity contribution >= 4 is 45.0 Å². The summed E-state index contributed by atoms with van der Waals surface area (Å²) in [5, 5.41) is 11.8. The van der Waals surface area contributed by atoms with Crippen molar-refractivity contribution in [2.24, 2.45) is 0 Å². The first-order valence-corrected chi connectivity index (χ1v) is 10.8. The van der Waals surface area contributed by atoms with Crippen LogP contribution in [-0.4, -0.2) is 34.3 Å². The zero-order chi connectivity index (χ0) is 21.3. The van der Waals surface area contributed by atoms with Gasteiger partial charge in [-0.1, -0.05) is 57.3 Å². The quantitative estimate of drug-likeness (QED) is 0.509. The highest BCUT2D eigenvalue weighted by atomic mass is 79.9. The molecule has 1 atom stereocenters. The van der Waals surface area contributed by atoms with Crippen molar-refractivity contribution in [3.05, 3.63) is 97.7 Å². The van der Waals surface area contributed by atoms with Gasteiger partial charge in [0.1, 0.15) is 5.54 Å². The third kappa shape index (κ3) is 3.74. The molecule has 1 aromatic heterocycles. The number of aliphatic hydroxyl groups is 1. The van der Waals surface area contributed by atoms with E-state index < -0.39 is 5.54 Å². The molecule has 1 N–H and O–H groups in total. The Morgan fingerprint density at radius 3 is 2.47 bits per heavy atom. The smallest absolute Gasteiger partial charge is 0.279 e. The SMILES string of the molecule is O=C1c2cc(Br)ccc2C(Cc2ccc(Cl)cn2)(c2ccc(Cl)cc2)N1OCCO. The Balaban J connectivity index is 1.96. The lowest BCUT2D eigenvalue weighted by Gasteiger charge is -2.38. The van der Waals surface area contributed by atoms with E-state index in [1.54, 1.807) is 30.5 Å². The van der Waals surface area contributed by atoms with E-state index in [1.807, 2.05) is 30.3 Å². The summed E-state index contributed by atoms with van der Waals surface area (Å²) in [6.45, 7) is -0.246. The van der Waals surface area contributed by atoms with Gasteiger partial charge >= 0.3 is 0 Å². The summed E-state index contributed by atoms with van der Waals surface area (Å²) in [6.07, 6.45) is 1.92. The van der Waals surface area contributed by atoms with Gasteiger partial charge in [0.25, 0.3) is 5.91 Å². The van der Waals surface area contributed by atoms with Crippen LogP contribution in [0.25, 0.3) is 0 Å². The van der Waals surface area contributed by atoms with E-state index in [0.29, 0.717) is 22.0 Å². The standard InChI is InChI=1S/C22H17BrCl2N2O3/c23-15-3-8-20-19(11-15)21(29)27(30-10-9-28)22(20,14-1-4-16(24)5-2-14)12-18-7-6-17(25)13-26-18/h1-8,11,13,28H,9-10,12H2. The normalized spacial score (nSPS) is 18.0. The molecule has 30 heavy (non-hydrogen) atoms. The van der Waals surface area contributed by atoms with Crippen LogP contribution in [0.5, 0.6) is 0 Å². The molecular weight excluding hydrogens is 491 g/mol. The van der Waals surface area contributed by atoms with Gasteiger partial charge in [0, 0.05) is 33.4 Å². The van der Waals surface area contributed by atoms with Crippen molar-refractivity contribution in [1.29, 1.82) is 0 Å². The maximum Gasteiger partial charge on any atom is 0.279 e. The Labute approximate surface area is 192 Å². The van der Waals surface area contributed by atoms with Crippen LogP contribution >= 0.6 is 39.1 Å². The monoisotopic (exact) mass is 506 g/mol. The van der Waals surface area contributed by atoms with E-state index in [1.165, 1.54) is 5.06 Å². The zero-order valence-electron chi connectivity index (χ0n) is 15.7. The van der Waals surface area contributed by atoms with Gasteiger partial charge in [-0.05, 0) is 47.5 Å². The highest BCUT2D eigenvalue weighted by molar-refractivity contribution is 9.10. The molecule has 1 unspecified atom stereocenters. The molecule has 2 heterocycles. The zero-order valence-corrected chi connectivity index (χ0v) is 18.8. The number of aromatic nitrogens is 1. The Hall–Kier alpha value is -1.96. The van der Waals surface area contributed by atoms with Crippen molar-refractivity contribution in [3.63, 3.8) is 0 Å². The number of benzene rings is 2. The van der Waals surface area contributed by atoms with Crippen LogP contribution in [0.1, 0.15) is 27.2 Å². The molecule has 5 nitrogen and oxygen atoms in total. The first kappa shape index (κ1) is 21.3. The molecule has 0 saturated heterocycles. The number of nitrogens with zero attached hydrogens (tertiary/aromatic N) is 2. The van der Waals surface area contributed by atoms with Crippen molar-refractivity contribution in [3.8, 4) is 0 Å². The van der Waals surface area contributed by atoms with Gasteiger partial charge in [0.2, 0.25) is 0 Å². The second-order valence-electron chi connectivity index (χ2n) is 6.86. The van der Waals surface area contributed by atoms with Crippen LogP contribution in [-0.2, 0) is 16.8 Å². The summed E-state index contributed by atoms with van der Waals surface area (Å²) in [5.74, 6) is -0.288. The van der Waals surface area contributed by atoms with Gasteiger partial charge in [0.15, 0.2) is 0 Å². The number of hydrogen-bond donors (Lipinski definition) is 1. The molecule has 154 valence electrons. The van der Waals surface area contributed by atoms with Gasteiger partial charge in [-0.2, -0.15) is 0 Å². The Morgan fingerprint density at radius 1 is 1.07 bits per heavy atom. The average molecular weight is 508 g/mol. The predicted octanol–water partition coefficient (Wildman–Crippen LogP) is 5.02. The summed E-state index contributed by atoms with van der Waals surface area (Å²) < 4.78 is 0.785. The molecule has 0 radical (unpaired) electrons. The number of rotatable bonds is 6.